The number of hydrogen-bond acceptors (Lipinski definition) is 12. The highest BCUT2D eigenvalue weighted by Crippen LogP contribution is 2.37. The zero-order chi connectivity index (χ0) is 41.8. The van der Waals surface area contributed by atoms with Crippen LogP contribution in [0.2, 0.25) is 149 Å². The topological polar surface area (TPSA) is 133 Å². The van der Waals surface area contributed by atoms with Gasteiger partial charge in [-0.2, -0.15) is 0 Å². The molecule has 0 bridgehead atoms. The van der Waals surface area contributed by atoms with E-state index in [1.807, 2.05) is 0 Å². The lowest BCUT2D eigenvalue weighted by Crippen LogP contribution is -2.66. The predicted molar refractivity (Wildman–Crippen MR) is 243 cm³/mol. The average molecular weight is 930 g/mol. The first-order valence-electron chi connectivity index (χ1n) is 19.5. The van der Waals surface area contributed by atoms with Crippen molar-refractivity contribution in [3.63, 3.8) is 0 Å². The third-order valence-corrected chi connectivity index (χ3v) is 46.0. The first-order valence-corrected chi connectivity index (χ1v) is 48.8. The van der Waals surface area contributed by atoms with Crippen LogP contribution in [0, 0.1) is 0 Å². The zero-order valence-electron chi connectivity index (χ0n) is 37.8. The molecule has 0 rings (SSSR count). The van der Waals surface area contributed by atoms with Gasteiger partial charge in [0.15, 0.2) is 33.3 Å². The van der Waals surface area contributed by atoms with Crippen molar-refractivity contribution in [1.82, 2.24) is 0 Å². The highest BCUT2D eigenvalue weighted by molar-refractivity contribution is 6.99. The third-order valence-electron chi connectivity index (χ3n) is 6.89. The van der Waals surface area contributed by atoms with Crippen molar-refractivity contribution in [1.29, 1.82) is 0 Å². The Bertz CT molecular complexity index is 1050. The van der Waals surface area contributed by atoms with Gasteiger partial charge in [-0.15, -0.1) is 0 Å². The molecule has 0 aliphatic heterocycles. The van der Waals surface area contributed by atoms with Crippen LogP contribution in [0.5, 0.6) is 0 Å². The molecule has 320 valence electrons. The SMILES string of the molecule is C[Si](C)(C)O[Si](C)(C)O[Si](C)(CCCOCCO)O[Si](C)(C[Si](C)(O[Si](C)(C)C)O[Si](C)(C)O[Si](C)(CCCOCCO)O[Si](C)(C)C)O[Si](C)(C)C. The first-order chi connectivity index (χ1) is 23.5. The van der Waals surface area contributed by atoms with Crippen molar-refractivity contribution < 1.29 is 52.6 Å². The maximum Gasteiger partial charge on any atom is 0.317 e. The van der Waals surface area contributed by atoms with E-state index in [9.17, 15) is 10.2 Å². The van der Waals surface area contributed by atoms with E-state index < -0.39 is 84.6 Å². The molecule has 0 aromatic carbocycles. The lowest BCUT2D eigenvalue weighted by atomic mass is 10.5. The van der Waals surface area contributed by atoms with Gasteiger partial charge in [-0.3, -0.25) is 0 Å². The Labute approximate surface area is 336 Å². The summed E-state index contributed by atoms with van der Waals surface area (Å²) in [6.45, 7) is 45.4. The number of aliphatic hydroxyl groups is 2. The summed E-state index contributed by atoms with van der Waals surface area (Å²) >= 11 is 0. The molecule has 12 nitrogen and oxygen atoms in total. The summed E-state index contributed by atoms with van der Waals surface area (Å²) in [5, 5.41) is 18.4. The van der Waals surface area contributed by atoms with Crippen molar-refractivity contribution in [2.75, 3.05) is 39.6 Å². The van der Waals surface area contributed by atoms with Crippen LogP contribution in [0.25, 0.3) is 0 Å². The van der Waals surface area contributed by atoms with Gasteiger partial charge in [-0.05, 0) is 156 Å². The maximum absolute atomic E-state index is 9.28. The van der Waals surface area contributed by atoms with E-state index in [4.69, 9.17) is 42.4 Å². The highest BCUT2D eigenvalue weighted by atomic mass is 28.5. The Morgan fingerprint density at radius 3 is 0.943 bits per heavy atom. The van der Waals surface area contributed by atoms with Crippen LogP contribution in [-0.4, -0.2) is 134 Å². The molecule has 22 heteroatoms. The summed E-state index contributed by atoms with van der Waals surface area (Å²) in [5.74, 6) is 0. The molecule has 0 saturated heterocycles. The standard InChI is InChI=1S/C31H84O12Si10/c1-44(2,3)36-48(13,14)40-51(18,30-22-26-35-28-24-33)43-53(20,39-47(10,11)12)31-52(19,38-46(7,8)9)42-49(15,16)41-50(17,37-45(4,5)6)29-21-25-34-27-23-32/h32-33H,21-31H2,1-20H3. The molecule has 0 spiro atoms. The van der Waals surface area contributed by atoms with E-state index in [1.165, 1.54) is 0 Å². The van der Waals surface area contributed by atoms with Crippen molar-refractivity contribution >= 4 is 84.6 Å². The number of aliphatic hydroxyl groups excluding tert-OH is 2. The van der Waals surface area contributed by atoms with Gasteiger partial charge in [-0.25, -0.2) is 0 Å². The molecule has 0 fully saturated rings. The predicted octanol–water partition coefficient (Wildman–Crippen LogP) is 8.49. The fourth-order valence-corrected chi connectivity index (χ4v) is 59.5. The Kier molecular flexibility index (Phi) is 22.5. The fourth-order valence-electron chi connectivity index (χ4n) is 7.08. The molecule has 4 atom stereocenters. The Hall–Kier alpha value is 1.69. The average Bonchev–Trinajstić information content (AvgIpc) is 2.81. The maximum atomic E-state index is 9.28. The summed E-state index contributed by atoms with van der Waals surface area (Å²) < 4.78 is 68.4. The van der Waals surface area contributed by atoms with Crippen LogP contribution < -0.4 is 0 Å². The van der Waals surface area contributed by atoms with Crippen molar-refractivity contribution in [2.45, 2.75) is 162 Å². The summed E-state index contributed by atoms with van der Waals surface area (Å²) in [6, 6.07) is 1.48. The second-order valence-corrected chi connectivity index (χ2v) is 60.2. The van der Waals surface area contributed by atoms with Crippen molar-refractivity contribution in [2.24, 2.45) is 0 Å². The monoisotopic (exact) mass is 928 g/mol. The summed E-state index contributed by atoms with van der Waals surface area (Å²) in [6.07, 6.45) is 1.53. The van der Waals surface area contributed by atoms with Gasteiger partial charge in [0.05, 0.1) is 26.4 Å². The third kappa shape index (κ3) is 27.9. The van der Waals surface area contributed by atoms with Gasteiger partial charge in [0.25, 0.3) is 0 Å². The van der Waals surface area contributed by atoms with Gasteiger partial charge < -0.3 is 52.6 Å². The van der Waals surface area contributed by atoms with Crippen LogP contribution in [0.4, 0.5) is 0 Å². The largest absolute Gasteiger partial charge is 0.437 e. The van der Waals surface area contributed by atoms with Crippen molar-refractivity contribution in [3.05, 3.63) is 0 Å². The second kappa shape index (κ2) is 21.8. The van der Waals surface area contributed by atoms with Gasteiger partial charge in [-0.1, -0.05) is 0 Å². The van der Waals surface area contributed by atoms with Gasteiger partial charge in [0.2, 0.25) is 0 Å². The van der Waals surface area contributed by atoms with E-state index in [2.05, 4.69) is 131 Å². The number of ether oxygens (including phenoxy) is 2. The molecule has 4 unspecified atom stereocenters. The van der Waals surface area contributed by atoms with Crippen LogP contribution in [0.3, 0.4) is 0 Å². The minimum Gasteiger partial charge on any atom is -0.437 e. The molecule has 0 aliphatic rings. The second-order valence-electron chi connectivity index (χ2n) is 19.7. The molecular formula is C31H84O12Si10. The van der Waals surface area contributed by atoms with Crippen molar-refractivity contribution in [3.8, 4) is 0 Å². The van der Waals surface area contributed by atoms with Crippen LogP contribution in [-0.2, 0) is 42.4 Å². The molecule has 0 radical (unpaired) electrons. The minimum atomic E-state index is -3.07. The number of hydrogen-bond donors (Lipinski definition) is 2. The highest BCUT2D eigenvalue weighted by Gasteiger charge is 2.56. The van der Waals surface area contributed by atoms with E-state index >= 15 is 0 Å². The van der Waals surface area contributed by atoms with Gasteiger partial charge in [0.1, 0.15) is 0 Å². The number of rotatable bonds is 30. The Morgan fingerprint density at radius 1 is 0.321 bits per heavy atom. The van der Waals surface area contributed by atoms with Crippen LogP contribution in [0.1, 0.15) is 12.8 Å². The fraction of sp³-hybridized carbons (Fsp3) is 1.00. The smallest absolute Gasteiger partial charge is 0.317 e. The van der Waals surface area contributed by atoms with Crippen LogP contribution >= 0.6 is 0 Å². The molecule has 0 amide bonds. The molecule has 0 heterocycles. The molecule has 0 aromatic rings. The first kappa shape index (κ1) is 54.7. The lowest BCUT2D eigenvalue weighted by molar-refractivity contribution is 0.0917. The summed E-state index contributed by atoms with van der Waals surface area (Å²) in [5.41, 5.74) is 0.570. The van der Waals surface area contributed by atoms with E-state index in [0.717, 1.165) is 18.9 Å². The molecule has 0 aromatic heterocycles. The van der Waals surface area contributed by atoms with E-state index in [-0.39, 0.29) is 13.2 Å². The Morgan fingerprint density at radius 2 is 0.604 bits per heavy atom. The zero-order valence-corrected chi connectivity index (χ0v) is 47.8. The molecule has 53 heavy (non-hydrogen) atoms. The van der Waals surface area contributed by atoms with Gasteiger partial charge in [0, 0.05) is 18.9 Å². The molecular weight excluding hydrogens is 845 g/mol. The van der Waals surface area contributed by atoms with E-state index in [1.54, 1.807) is 0 Å². The molecule has 0 saturated carbocycles. The lowest BCUT2D eigenvalue weighted by Gasteiger charge is -2.48. The minimum absolute atomic E-state index is 0.00461. The van der Waals surface area contributed by atoms with Crippen LogP contribution in [0.15, 0.2) is 0 Å². The summed E-state index contributed by atoms with van der Waals surface area (Å²) in [4.78, 5) is 0. The Balaban J connectivity index is 6.94. The molecule has 2 N–H and O–H groups in total. The quantitative estimate of drug-likeness (QED) is 0.0529. The summed E-state index contributed by atoms with van der Waals surface area (Å²) in [7, 11) is -25.4. The molecule has 0 aliphatic carbocycles. The normalized spacial score (nSPS) is 18.7. The van der Waals surface area contributed by atoms with Gasteiger partial charge >= 0.3 is 51.4 Å². The van der Waals surface area contributed by atoms with E-state index in [0.29, 0.717) is 38.1 Å².